The van der Waals surface area contributed by atoms with Gasteiger partial charge in [-0.25, -0.2) is 9.97 Å². The minimum Gasteiger partial charge on any atom is -0.477 e. The van der Waals surface area contributed by atoms with Crippen molar-refractivity contribution in [2.45, 2.75) is 6.92 Å². The number of aromatic nitrogens is 2. The van der Waals surface area contributed by atoms with Gasteiger partial charge in [-0.15, -0.1) is 0 Å². The van der Waals surface area contributed by atoms with Crippen molar-refractivity contribution in [3.8, 4) is 5.88 Å². The Hall–Kier alpha value is 0.0900. The van der Waals surface area contributed by atoms with E-state index in [1.807, 2.05) is 6.92 Å². The standard InChI is InChI=1S/C6H6BrIN2O/c1-2-11-6-4(8)5(7)9-3-10-6/h3H,2H2,1H3. The van der Waals surface area contributed by atoms with Gasteiger partial charge in [-0.1, -0.05) is 0 Å². The van der Waals surface area contributed by atoms with Crippen molar-refractivity contribution in [3.63, 3.8) is 0 Å². The summed E-state index contributed by atoms with van der Waals surface area (Å²) in [6, 6.07) is 0. The lowest BCUT2D eigenvalue weighted by molar-refractivity contribution is 0.323. The molecule has 0 fully saturated rings. The fourth-order valence-corrected chi connectivity index (χ4v) is 1.27. The van der Waals surface area contributed by atoms with Crippen LogP contribution in [-0.2, 0) is 0 Å². The molecule has 60 valence electrons. The van der Waals surface area contributed by atoms with Crippen LogP contribution in [0.3, 0.4) is 0 Å². The summed E-state index contributed by atoms with van der Waals surface area (Å²) < 4.78 is 6.91. The summed E-state index contributed by atoms with van der Waals surface area (Å²) in [5.41, 5.74) is 0. The first kappa shape index (κ1) is 9.18. The van der Waals surface area contributed by atoms with Crippen LogP contribution in [0.25, 0.3) is 0 Å². The number of ether oxygens (including phenoxy) is 1. The zero-order chi connectivity index (χ0) is 8.27. The molecule has 11 heavy (non-hydrogen) atoms. The second-order valence-corrected chi connectivity index (χ2v) is 3.55. The van der Waals surface area contributed by atoms with Gasteiger partial charge in [0.1, 0.15) is 14.5 Å². The molecule has 0 aromatic carbocycles. The van der Waals surface area contributed by atoms with E-state index in [0.717, 1.165) is 8.17 Å². The van der Waals surface area contributed by atoms with Crippen LogP contribution in [0.15, 0.2) is 10.9 Å². The average Bonchev–Trinajstić information content (AvgIpc) is 1.99. The first-order chi connectivity index (χ1) is 5.25. The van der Waals surface area contributed by atoms with Gasteiger partial charge in [-0.2, -0.15) is 0 Å². The Morgan fingerprint density at radius 3 is 3.00 bits per heavy atom. The van der Waals surface area contributed by atoms with Gasteiger partial charge in [0.25, 0.3) is 0 Å². The van der Waals surface area contributed by atoms with Gasteiger partial charge in [-0.3, -0.25) is 0 Å². The maximum absolute atomic E-state index is 5.23. The molecular weight excluding hydrogens is 323 g/mol. The number of hydrogen-bond donors (Lipinski definition) is 0. The summed E-state index contributed by atoms with van der Waals surface area (Å²) in [7, 11) is 0. The highest BCUT2D eigenvalue weighted by molar-refractivity contribution is 14.1. The Morgan fingerprint density at radius 1 is 1.64 bits per heavy atom. The predicted molar refractivity (Wildman–Crippen MR) is 53.6 cm³/mol. The van der Waals surface area contributed by atoms with E-state index in [-0.39, 0.29) is 0 Å². The second kappa shape index (κ2) is 4.20. The van der Waals surface area contributed by atoms with Crippen molar-refractivity contribution in [2.75, 3.05) is 6.61 Å². The molecule has 5 heteroatoms. The maximum atomic E-state index is 5.23. The highest BCUT2D eigenvalue weighted by Gasteiger charge is 2.05. The van der Waals surface area contributed by atoms with Crippen molar-refractivity contribution in [1.29, 1.82) is 0 Å². The third-order valence-electron chi connectivity index (χ3n) is 0.996. The molecule has 0 saturated carbocycles. The summed E-state index contributed by atoms with van der Waals surface area (Å²) in [6.07, 6.45) is 1.47. The zero-order valence-corrected chi connectivity index (χ0v) is 9.59. The molecule has 1 aromatic rings. The molecule has 0 bridgehead atoms. The van der Waals surface area contributed by atoms with Crippen LogP contribution in [-0.4, -0.2) is 16.6 Å². The summed E-state index contributed by atoms with van der Waals surface area (Å²) in [4.78, 5) is 7.90. The maximum Gasteiger partial charge on any atom is 0.231 e. The van der Waals surface area contributed by atoms with Crippen molar-refractivity contribution >= 4 is 38.5 Å². The third kappa shape index (κ3) is 2.26. The van der Waals surface area contributed by atoms with Gasteiger partial charge >= 0.3 is 0 Å². The van der Waals surface area contributed by atoms with Crippen molar-refractivity contribution < 1.29 is 4.74 Å². The van der Waals surface area contributed by atoms with Crippen molar-refractivity contribution in [3.05, 3.63) is 14.5 Å². The first-order valence-corrected chi connectivity index (χ1v) is 4.91. The molecule has 0 amide bonds. The van der Waals surface area contributed by atoms with Gasteiger partial charge < -0.3 is 4.74 Å². The van der Waals surface area contributed by atoms with E-state index >= 15 is 0 Å². The van der Waals surface area contributed by atoms with Crippen LogP contribution in [0, 0.1) is 3.57 Å². The average molecular weight is 329 g/mol. The Bertz CT molecular complexity index is 256. The number of halogens is 2. The molecule has 0 saturated heterocycles. The molecule has 0 radical (unpaired) electrons. The minimum absolute atomic E-state index is 0.624. The van der Waals surface area contributed by atoms with Crippen LogP contribution < -0.4 is 4.74 Å². The largest absolute Gasteiger partial charge is 0.477 e. The molecule has 1 rings (SSSR count). The fraction of sp³-hybridized carbons (Fsp3) is 0.333. The molecule has 0 spiro atoms. The lowest BCUT2D eigenvalue weighted by Crippen LogP contribution is -1.98. The van der Waals surface area contributed by atoms with E-state index in [0.29, 0.717) is 12.5 Å². The zero-order valence-electron chi connectivity index (χ0n) is 5.84. The molecular formula is C6H6BrIN2O. The SMILES string of the molecule is CCOc1ncnc(Br)c1I. The smallest absolute Gasteiger partial charge is 0.231 e. The van der Waals surface area contributed by atoms with Crippen LogP contribution in [0.2, 0.25) is 0 Å². The molecule has 0 atom stereocenters. The molecule has 3 nitrogen and oxygen atoms in total. The van der Waals surface area contributed by atoms with E-state index in [4.69, 9.17) is 4.74 Å². The highest BCUT2D eigenvalue weighted by atomic mass is 127. The summed E-state index contributed by atoms with van der Waals surface area (Å²) in [5.74, 6) is 0.634. The topological polar surface area (TPSA) is 35.0 Å². The Labute approximate surface area is 86.8 Å². The molecule has 1 heterocycles. The fourth-order valence-electron chi connectivity index (χ4n) is 0.571. The number of rotatable bonds is 2. The molecule has 0 unspecified atom stereocenters. The van der Waals surface area contributed by atoms with Gasteiger partial charge in [0.15, 0.2) is 0 Å². The number of hydrogen-bond acceptors (Lipinski definition) is 3. The molecule has 0 aliphatic rings. The Morgan fingerprint density at radius 2 is 2.36 bits per heavy atom. The van der Waals surface area contributed by atoms with Gasteiger partial charge in [-0.05, 0) is 45.4 Å². The quantitative estimate of drug-likeness (QED) is 0.617. The third-order valence-corrected chi connectivity index (χ3v) is 3.31. The van der Waals surface area contributed by atoms with Crippen LogP contribution in [0.4, 0.5) is 0 Å². The molecule has 1 aromatic heterocycles. The van der Waals surface area contributed by atoms with Crippen LogP contribution in [0.1, 0.15) is 6.92 Å². The summed E-state index contributed by atoms with van der Waals surface area (Å²) >= 11 is 5.41. The van der Waals surface area contributed by atoms with E-state index in [1.54, 1.807) is 0 Å². The minimum atomic E-state index is 0.624. The van der Waals surface area contributed by atoms with Gasteiger partial charge in [0, 0.05) is 0 Å². The Balaban J connectivity index is 2.96. The van der Waals surface area contributed by atoms with Gasteiger partial charge in [0.05, 0.1) is 6.61 Å². The van der Waals surface area contributed by atoms with Gasteiger partial charge in [0.2, 0.25) is 5.88 Å². The molecule has 0 aliphatic carbocycles. The monoisotopic (exact) mass is 328 g/mol. The summed E-state index contributed by atoms with van der Waals surface area (Å²) in [5, 5.41) is 0. The second-order valence-electron chi connectivity index (χ2n) is 1.72. The predicted octanol–water partition coefficient (Wildman–Crippen LogP) is 2.24. The Kier molecular flexibility index (Phi) is 3.50. The van der Waals surface area contributed by atoms with E-state index in [2.05, 4.69) is 48.5 Å². The number of nitrogens with zero attached hydrogens (tertiary/aromatic N) is 2. The normalized spacial score (nSPS) is 9.73. The van der Waals surface area contributed by atoms with Crippen molar-refractivity contribution in [1.82, 2.24) is 9.97 Å². The van der Waals surface area contributed by atoms with E-state index < -0.39 is 0 Å². The first-order valence-electron chi connectivity index (χ1n) is 3.04. The van der Waals surface area contributed by atoms with E-state index in [1.165, 1.54) is 6.33 Å². The highest BCUT2D eigenvalue weighted by Crippen LogP contribution is 2.23. The van der Waals surface area contributed by atoms with Crippen molar-refractivity contribution in [2.24, 2.45) is 0 Å². The van der Waals surface area contributed by atoms with Crippen LogP contribution in [0.5, 0.6) is 5.88 Å². The lowest BCUT2D eigenvalue weighted by atomic mass is 10.6. The van der Waals surface area contributed by atoms with Crippen LogP contribution >= 0.6 is 38.5 Å². The lowest BCUT2D eigenvalue weighted by Gasteiger charge is -2.03. The molecule has 0 N–H and O–H groups in total. The summed E-state index contributed by atoms with van der Waals surface area (Å²) in [6.45, 7) is 2.55. The van der Waals surface area contributed by atoms with E-state index in [9.17, 15) is 0 Å². The molecule has 0 aliphatic heterocycles.